The molecule has 1 amide bonds. The molecule has 0 atom stereocenters. The second-order valence-corrected chi connectivity index (χ2v) is 9.52. The summed E-state index contributed by atoms with van der Waals surface area (Å²) in [5.41, 5.74) is 1.98. The van der Waals surface area contributed by atoms with Crippen molar-refractivity contribution in [2.75, 3.05) is 38.2 Å². The Bertz CT molecular complexity index is 1290. The minimum atomic E-state index is -4.00. The summed E-state index contributed by atoms with van der Waals surface area (Å²) < 4.78 is 39.6. The minimum Gasteiger partial charge on any atom is -0.493 e. The maximum absolute atomic E-state index is 13.7. The van der Waals surface area contributed by atoms with Gasteiger partial charge in [0.25, 0.3) is 10.0 Å². The molecule has 182 valence electrons. The number of amides is 1. The lowest BCUT2D eigenvalue weighted by Gasteiger charge is -2.22. The fraction of sp³-hybridized carbons (Fsp3) is 0.320. The van der Waals surface area contributed by atoms with E-state index in [-0.39, 0.29) is 48.2 Å². The molecule has 0 bridgehead atoms. The van der Waals surface area contributed by atoms with Crippen molar-refractivity contribution in [2.45, 2.75) is 24.2 Å². The van der Waals surface area contributed by atoms with E-state index >= 15 is 0 Å². The molecule has 0 N–H and O–H groups in total. The first-order valence-electron chi connectivity index (χ1n) is 10.9. The predicted molar refractivity (Wildman–Crippen MR) is 130 cm³/mol. The number of para-hydroxylation sites is 1. The Kier molecular flexibility index (Phi) is 8.34. The summed E-state index contributed by atoms with van der Waals surface area (Å²) in [6.07, 6.45) is 3.65. The quantitative estimate of drug-likeness (QED) is 0.465. The molecule has 0 unspecified atom stereocenters. The molecule has 3 rings (SSSR count). The molecule has 1 aliphatic rings. The Morgan fingerprint density at radius 3 is 2.43 bits per heavy atom. The zero-order valence-corrected chi connectivity index (χ0v) is 20.4. The average molecular weight is 495 g/mol. The van der Waals surface area contributed by atoms with Gasteiger partial charge in [0, 0.05) is 25.7 Å². The van der Waals surface area contributed by atoms with Gasteiger partial charge >= 0.3 is 0 Å². The summed E-state index contributed by atoms with van der Waals surface area (Å²) in [5.74, 6) is -0.104. The molecule has 0 radical (unpaired) electrons. The summed E-state index contributed by atoms with van der Waals surface area (Å²) >= 11 is 0. The molecule has 0 saturated carbocycles. The van der Waals surface area contributed by atoms with E-state index in [1.807, 2.05) is 24.3 Å². The Labute approximate surface area is 205 Å². The van der Waals surface area contributed by atoms with Gasteiger partial charge in [0.05, 0.1) is 44.9 Å². The molecule has 1 heterocycles. The number of fused-ring (bicyclic) bond motifs is 1. The van der Waals surface area contributed by atoms with Crippen LogP contribution in [0, 0.1) is 22.7 Å². The van der Waals surface area contributed by atoms with Crippen LogP contribution in [0.2, 0.25) is 0 Å². The van der Waals surface area contributed by atoms with Crippen LogP contribution in [0.1, 0.15) is 24.0 Å². The molecule has 0 fully saturated rings. The van der Waals surface area contributed by atoms with Gasteiger partial charge < -0.3 is 14.4 Å². The number of carbonyl (C=O) groups excluding carboxylic acids is 1. The van der Waals surface area contributed by atoms with E-state index in [0.29, 0.717) is 24.2 Å². The largest absolute Gasteiger partial charge is 0.493 e. The van der Waals surface area contributed by atoms with Crippen LogP contribution >= 0.6 is 0 Å². The number of nitrogens with zero attached hydrogens (tertiary/aromatic N) is 4. The molecule has 10 heteroatoms. The Morgan fingerprint density at radius 1 is 1.11 bits per heavy atom. The molecular formula is C25H26N4O5S. The van der Waals surface area contributed by atoms with Crippen LogP contribution < -0.4 is 13.8 Å². The van der Waals surface area contributed by atoms with Gasteiger partial charge in [-0.2, -0.15) is 10.5 Å². The van der Waals surface area contributed by atoms with Crippen molar-refractivity contribution in [3.8, 4) is 23.6 Å². The molecule has 0 aliphatic carbocycles. The number of hydrogen-bond donors (Lipinski definition) is 0. The fourth-order valence-corrected chi connectivity index (χ4v) is 5.60. The fourth-order valence-electron chi connectivity index (χ4n) is 3.89. The number of ether oxygens (including phenoxy) is 2. The highest BCUT2D eigenvalue weighted by atomic mass is 32.2. The highest BCUT2D eigenvalue weighted by Gasteiger charge is 2.34. The van der Waals surface area contributed by atoms with E-state index in [0.717, 1.165) is 5.56 Å². The number of anilines is 1. The van der Waals surface area contributed by atoms with Crippen LogP contribution in [0.5, 0.6) is 11.5 Å². The number of carbonyl (C=O) groups is 1. The summed E-state index contributed by atoms with van der Waals surface area (Å²) in [6, 6.07) is 14.3. The highest BCUT2D eigenvalue weighted by Crippen LogP contribution is 2.40. The second kappa shape index (κ2) is 11.4. The highest BCUT2D eigenvalue weighted by molar-refractivity contribution is 7.93. The van der Waals surface area contributed by atoms with Crippen LogP contribution in [0.15, 0.2) is 47.4 Å². The third-order valence-corrected chi connectivity index (χ3v) is 7.42. The molecule has 1 aliphatic heterocycles. The molecular weight excluding hydrogens is 468 g/mol. The Balaban J connectivity index is 1.99. The van der Waals surface area contributed by atoms with E-state index < -0.39 is 10.0 Å². The smallest absolute Gasteiger partial charge is 0.268 e. The van der Waals surface area contributed by atoms with Gasteiger partial charge in [-0.05, 0) is 41.8 Å². The van der Waals surface area contributed by atoms with Gasteiger partial charge in [0.1, 0.15) is 4.90 Å². The lowest BCUT2D eigenvalue weighted by Crippen LogP contribution is -2.31. The van der Waals surface area contributed by atoms with Crippen molar-refractivity contribution in [1.29, 1.82) is 10.5 Å². The number of rotatable bonds is 10. The van der Waals surface area contributed by atoms with Crippen molar-refractivity contribution in [3.05, 3.63) is 53.6 Å². The van der Waals surface area contributed by atoms with Gasteiger partial charge in [0.2, 0.25) is 5.91 Å². The molecule has 35 heavy (non-hydrogen) atoms. The normalized spacial score (nSPS) is 12.6. The number of benzene rings is 2. The van der Waals surface area contributed by atoms with E-state index in [4.69, 9.17) is 20.0 Å². The van der Waals surface area contributed by atoms with Crippen molar-refractivity contribution < 1.29 is 22.7 Å². The van der Waals surface area contributed by atoms with Crippen LogP contribution in [-0.2, 0) is 21.2 Å². The lowest BCUT2D eigenvalue weighted by atomic mass is 10.1. The van der Waals surface area contributed by atoms with Crippen LogP contribution in [0.3, 0.4) is 0 Å². The molecule has 0 spiro atoms. The lowest BCUT2D eigenvalue weighted by molar-refractivity contribution is -0.125. The SMILES string of the molecule is COc1cc(C=CC(=O)N(CCC#N)CCC#N)cc(S(=O)(=O)N2CCc3ccccc32)c1OC. The van der Waals surface area contributed by atoms with Crippen molar-refractivity contribution in [1.82, 2.24) is 4.90 Å². The topological polar surface area (TPSA) is 124 Å². The van der Waals surface area contributed by atoms with Gasteiger partial charge in [-0.3, -0.25) is 9.10 Å². The van der Waals surface area contributed by atoms with E-state index in [2.05, 4.69) is 0 Å². The summed E-state index contributed by atoms with van der Waals surface area (Å²) in [5, 5.41) is 17.7. The van der Waals surface area contributed by atoms with Crippen molar-refractivity contribution >= 4 is 27.7 Å². The number of methoxy groups -OCH3 is 2. The number of hydrogen-bond acceptors (Lipinski definition) is 7. The standard InChI is InChI=1S/C25H26N4O5S/c1-33-22-17-19(9-10-24(30)28(14-5-12-26)15-6-13-27)18-23(25(22)34-2)35(31,32)29-16-11-20-7-3-4-8-21(20)29/h3-4,7-10,17-18H,5-6,11,14-16H2,1-2H3. The third kappa shape index (κ3) is 5.56. The molecule has 9 nitrogen and oxygen atoms in total. The molecule has 0 aromatic heterocycles. The first-order chi connectivity index (χ1) is 16.9. The van der Waals surface area contributed by atoms with Crippen molar-refractivity contribution in [3.63, 3.8) is 0 Å². The van der Waals surface area contributed by atoms with Gasteiger partial charge in [-0.1, -0.05) is 18.2 Å². The van der Waals surface area contributed by atoms with Gasteiger partial charge in [-0.15, -0.1) is 0 Å². The monoisotopic (exact) mass is 494 g/mol. The first kappa shape index (κ1) is 25.6. The maximum atomic E-state index is 13.7. The van der Waals surface area contributed by atoms with Crippen molar-refractivity contribution in [2.24, 2.45) is 0 Å². The van der Waals surface area contributed by atoms with Gasteiger partial charge in [-0.25, -0.2) is 8.42 Å². The molecule has 2 aromatic rings. The second-order valence-electron chi connectivity index (χ2n) is 7.69. The van der Waals surface area contributed by atoms with Crippen LogP contribution in [-0.4, -0.2) is 53.1 Å². The zero-order chi connectivity index (χ0) is 25.4. The van der Waals surface area contributed by atoms with E-state index in [1.54, 1.807) is 18.2 Å². The van der Waals surface area contributed by atoms with E-state index in [9.17, 15) is 13.2 Å². The third-order valence-electron chi connectivity index (χ3n) is 5.60. The number of sulfonamides is 1. The average Bonchev–Trinajstić information content (AvgIpc) is 3.31. The first-order valence-corrected chi connectivity index (χ1v) is 12.4. The Morgan fingerprint density at radius 2 is 1.80 bits per heavy atom. The minimum absolute atomic E-state index is 0.0741. The maximum Gasteiger partial charge on any atom is 0.268 e. The molecule has 0 saturated heterocycles. The summed E-state index contributed by atoms with van der Waals surface area (Å²) in [7, 11) is -1.22. The zero-order valence-electron chi connectivity index (χ0n) is 19.6. The predicted octanol–water partition coefficient (Wildman–Crippen LogP) is 3.12. The summed E-state index contributed by atoms with van der Waals surface area (Å²) in [4.78, 5) is 14.0. The molecule has 2 aromatic carbocycles. The van der Waals surface area contributed by atoms with Crippen LogP contribution in [0.4, 0.5) is 5.69 Å². The van der Waals surface area contributed by atoms with Crippen LogP contribution in [0.25, 0.3) is 6.08 Å². The van der Waals surface area contributed by atoms with Gasteiger partial charge in [0.15, 0.2) is 11.5 Å². The Hall–Kier alpha value is -4.02. The summed E-state index contributed by atoms with van der Waals surface area (Å²) in [6.45, 7) is 0.695. The van der Waals surface area contributed by atoms with E-state index in [1.165, 1.54) is 41.6 Å². The number of nitriles is 2.